The Morgan fingerprint density at radius 2 is 2.00 bits per heavy atom. The monoisotopic (exact) mass is 464 g/mol. The highest BCUT2D eigenvalue weighted by molar-refractivity contribution is 5.96. The number of rotatable bonds is 5. The fourth-order valence-corrected chi connectivity index (χ4v) is 5.23. The lowest BCUT2D eigenvalue weighted by molar-refractivity contribution is 0.102. The summed E-state index contributed by atoms with van der Waals surface area (Å²) in [7, 11) is 0. The van der Waals surface area contributed by atoms with E-state index in [0.29, 0.717) is 37.2 Å². The van der Waals surface area contributed by atoms with Crippen LogP contribution in [0.2, 0.25) is 0 Å². The molecule has 0 bridgehead atoms. The minimum atomic E-state index is -0.133. The van der Waals surface area contributed by atoms with Gasteiger partial charge in [0.1, 0.15) is 0 Å². The smallest absolute Gasteiger partial charge is 0.322 e. The van der Waals surface area contributed by atoms with Gasteiger partial charge in [0.25, 0.3) is 0 Å². The molecule has 2 heterocycles. The van der Waals surface area contributed by atoms with Crippen molar-refractivity contribution in [2.45, 2.75) is 45.7 Å². The minimum absolute atomic E-state index is 0.113. The second-order valence-corrected chi connectivity index (χ2v) is 9.51. The lowest BCUT2D eigenvalue weighted by Gasteiger charge is -2.41. The van der Waals surface area contributed by atoms with E-state index in [1.54, 1.807) is 4.90 Å². The van der Waals surface area contributed by atoms with Crippen LogP contribution < -0.4 is 25.0 Å². The van der Waals surface area contributed by atoms with Crippen LogP contribution in [0.15, 0.2) is 42.5 Å². The van der Waals surface area contributed by atoms with Gasteiger partial charge in [-0.05, 0) is 54.2 Å². The Morgan fingerprint density at radius 1 is 1.15 bits per heavy atom. The zero-order chi connectivity index (χ0) is 23.7. The molecular formula is C26H32N4O4. The number of fused-ring (bicyclic) bond motifs is 1. The van der Waals surface area contributed by atoms with Gasteiger partial charge in [-0.15, -0.1) is 0 Å². The fourth-order valence-electron chi connectivity index (χ4n) is 5.23. The number of carbonyl (C=O) groups is 2. The molecule has 0 spiro atoms. The summed E-state index contributed by atoms with van der Waals surface area (Å²) in [6.45, 7) is 6.48. The van der Waals surface area contributed by atoms with Crippen molar-refractivity contribution < 1.29 is 19.1 Å². The van der Waals surface area contributed by atoms with Gasteiger partial charge in [-0.1, -0.05) is 38.8 Å². The topological polar surface area (TPSA) is 83.1 Å². The zero-order valence-electron chi connectivity index (χ0n) is 19.8. The van der Waals surface area contributed by atoms with Crippen molar-refractivity contribution in [1.82, 2.24) is 10.2 Å². The van der Waals surface area contributed by atoms with Gasteiger partial charge in [0.15, 0.2) is 11.5 Å². The van der Waals surface area contributed by atoms with E-state index in [9.17, 15) is 9.59 Å². The molecule has 180 valence electrons. The molecule has 1 aliphatic carbocycles. The van der Waals surface area contributed by atoms with Crippen molar-refractivity contribution >= 4 is 23.4 Å². The molecule has 0 radical (unpaired) electrons. The third-order valence-corrected chi connectivity index (χ3v) is 7.38. The van der Waals surface area contributed by atoms with Crippen molar-refractivity contribution in [1.29, 1.82) is 0 Å². The SMILES string of the molecule is C[C@@H]1[C@H](C)CCC[C@H]1N(Cc1ccc2c(c1)OCO2)C(=O)Nc1cccc(N2CCNC2=O)c1. The lowest BCUT2D eigenvalue weighted by Crippen LogP contribution is -2.48. The predicted octanol–water partition coefficient (Wildman–Crippen LogP) is 4.80. The van der Waals surface area contributed by atoms with E-state index >= 15 is 0 Å². The van der Waals surface area contributed by atoms with Crippen LogP contribution in [-0.4, -0.2) is 42.9 Å². The Hall–Kier alpha value is -3.42. The second-order valence-electron chi connectivity index (χ2n) is 9.51. The van der Waals surface area contributed by atoms with Crippen LogP contribution in [-0.2, 0) is 6.54 Å². The van der Waals surface area contributed by atoms with E-state index in [0.717, 1.165) is 35.6 Å². The van der Waals surface area contributed by atoms with Crippen LogP contribution in [0.25, 0.3) is 0 Å². The Morgan fingerprint density at radius 3 is 2.82 bits per heavy atom. The first-order valence-electron chi connectivity index (χ1n) is 12.1. The van der Waals surface area contributed by atoms with Gasteiger partial charge in [0, 0.05) is 37.1 Å². The molecule has 3 atom stereocenters. The molecule has 0 aromatic heterocycles. The zero-order valence-corrected chi connectivity index (χ0v) is 19.8. The lowest BCUT2D eigenvalue weighted by atomic mass is 9.77. The molecule has 1 saturated carbocycles. The second kappa shape index (κ2) is 9.44. The molecular weight excluding hydrogens is 432 g/mol. The van der Waals surface area contributed by atoms with E-state index in [2.05, 4.69) is 24.5 Å². The molecule has 3 aliphatic rings. The molecule has 5 rings (SSSR count). The van der Waals surface area contributed by atoms with E-state index in [1.807, 2.05) is 47.4 Å². The van der Waals surface area contributed by atoms with Crippen LogP contribution in [0, 0.1) is 11.8 Å². The first kappa shape index (κ1) is 22.4. The number of carbonyl (C=O) groups excluding carboxylic acids is 2. The van der Waals surface area contributed by atoms with Crippen LogP contribution in [0.5, 0.6) is 11.5 Å². The first-order chi connectivity index (χ1) is 16.5. The molecule has 2 aromatic rings. The average Bonchev–Trinajstić information content (AvgIpc) is 3.48. The number of nitrogens with zero attached hydrogens (tertiary/aromatic N) is 2. The number of ether oxygens (including phenoxy) is 2. The van der Waals surface area contributed by atoms with E-state index in [-0.39, 0.29) is 24.9 Å². The third kappa shape index (κ3) is 4.49. The highest BCUT2D eigenvalue weighted by atomic mass is 16.7. The molecule has 2 aliphatic heterocycles. The highest BCUT2D eigenvalue weighted by Crippen LogP contribution is 2.36. The van der Waals surface area contributed by atoms with E-state index in [1.165, 1.54) is 6.42 Å². The Labute approximate surface area is 200 Å². The van der Waals surface area contributed by atoms with Gasteiger partial charge in [-0.25, -0.2) is 9.59 Å². The third-order valence-electron chi connectivity index (χ3n) is 7.38. The largest absolute Gasteiger partial charge is 0.454 e. The number of benzene rings is 2. The quantitative estimate of drug-likeness (QED) is 0.666. The summed E-state index contributed by atoms with van der Waals surface area (Å²) in [4.78, 5) is 29.4. The van der Waals surface area contributed by atoms with Crippen LogP contribution in [0.3, 0.4) is 0 Å². The summed E-state index contributed by atoms with van der Waals surface area (Å²) in [5.41, 5.74) is 2.46. The molecule has 4 amide bonds. The molecule has 2 fully saturated rings. The number of hydrogen-bond donors (Lipinski definition) is 2. The summed E-state index contributed by atoms with van der Waals surface area (Å²) in [6, 6.07) is 13.2. The van der Waals surface area contributed by atoms with Crippen LogP contribution in [0.1, 0.15) is 38.7 Å². The van der Waals surface area contributed by atoms with Crippen molar-refractivity contribution in [3.05, 3.63) is 48.0 Å². The van der Waals surface area contributed by atoms with E-state index in [4.69, 9.17) is 9.47 Å². The molecule has 8 heteroatoms. The average molecular weight is 465 g/mol. The maximum absolute atomic E-state index is 13.7. The van der Waals surface area contributed by atoms with Gasteiger partial charge in [-0.2, -0.15) is 0 Å². The summed E-state index contributed by atoms with van der Waals surface area (Å²) in [5.74, 6) is 2.41. The minimum Gasteiger partial charge on any atom is -0.454 e. The molecule has 1 saturated heterocycles. The Balaban J connectivity index is 1.38. The Kier molecular flexibility index (Phi) is 6.22. The maximum Gasteiger partial charge on any atom is 0.322 e. The predicted molar refractivity (Wildman–Crippen MR) is 130 cm³/mol. The van der Waals surface area contributed by atoms with E-state index < -0.39 is 0 Å². The number of hydrogen-bond acceptors (Lipinski definition) is 4. The standard InChI is InChI=1S/C26H32N4O4/c1-17-5-3-8-22(18(17)2)30(15-19-9-10-23-24(13-19)34-16-33-23)26(32)28-20-6-4-7-21(14-20)29-12-11-27-25(29)31/h4,6-7,9-10,13-14,17-18,22H,3,5,8,11-12,15-16H2,1-2H3,(H,27,31)(H,28,32)/t17-,18-,22-/m1/s1. The normalized spacial score (nSPS) is 23.5. The van der Waals surface area contributed by atoms with Gasteiger partial charge in [-0.3, -0.25) is 4.90 Å². The molecule has 34 heavy (non-hydrogen) atoms. The van der Waals surface area contributed by atoms with Crippen molar-refractivity contribution in [3.63, 3.8) is 0 Å². The van der Waals surface area contributed by atoms with Gasteiger partial charge < -0.3 is 25.0 Å². The summed E-state index contributed by atoms with van der Waals surface area (Å²) >= 11 is 0. The van der Waals surface area contributed by atoms with Crippen molar-refractivity contribution in [3.8, 4) is 11.5 Å². The fraction of sp³-hybridized carbons (Fsp3) is 0.462. The molecule has 0 unspecified atom stereocenters. The number of anilines is 2. The summed E-state index contributed by atoms with van der Waals surface area (Å²) in [6.07, 6.45) is 3.29. The van der Waals surface area contributed by atoms with Gasteiger partial charge in [0.2, 0.25) is 6.79 Å². The first-order valence-corrected chi connectivity index (χ1v) is 12.1. The number of amides is 4. The van der Waals surface area contributed by atoms with Gasteiger partial charge >= 0.3 is 12.1 Å². The Bertz CT molecular complexity index is 1070. The molecule has 2 N–H and O–H groups in total. The number of urea groups is 2. The van der Waals surface area contributed by atoms with Crippen LogP contribution in [0.4, 0.5) is 21.0 Å². The van der Waals surface area contributed by atoms with Crippen LogP contribution >= 0.6 is 0 Å². The molecule has 8 nitrogen and oxygen atoms in total. The summed E-state index contributed by atoms with van der Waals surface area (Å²) in [5, 5.41) is 5.91. The molecule has 2 aromatic carbocycles. The van der Waals surface area contributed by atoms with Crippen molar-refractivity contribution in [2.24, 2.45) is 11.8 Å². The van der Waals surface area contributed by atoms with Crippen molar-refractivity contribution in [2.75, 3.05) is 30.1 Å². The summed E-state index contributed by atoms with van der Waals surface area (Å²) < 4.78 is 11.0. The number of nitrogens with one attached hydrogen (secondary N) is 2. The highest BCUT2D eigenvalue weighted by Gasteiger charge is 2.34. The maximum atomic E-state index is 13.7. The van der Waals surface area contributed by atoms with Gasteiger partial charge in [0.05, 0.1) is 0 Å².